The molecule has 1 amide bonds. The third-order valence-electron chi connectivity index (χ3n) is 4.78. The number of sulfonamides is 1. The zero-order valence-electron chi connectivity index (χ0n) is 15.6. The van der Waals surface area contributed by atoms with Crippen LogP contribution in [0.5, 0.6) is 0 Å². The van der Waals surface area contributed by atoms with Gasteiger partial charge in [0.05, 0.1) is 4.90 Å². The minimum atomic E-state index is -3.78. The first-order chi connectivity index (χ1) is 14.1. The van der Waals surface area contributed by atoms with Crippen molar-refractivity contribution >= 4 is 21.9 Å². The normalized spacial score (nSPS) is 17.7. The fourth-order valence-electron chi connectivity index (χ4n) is 3.34. The highest BCUT2D eigenvalue weighted by Crippen LogP contribution is 2.26. The van der Waals surface area contributed by atoms with Crippen molar-refractivity contribution in [3.05, 3.63) is 60.7 Å². The molecule has 2 aromatic carbocycles. The highest BCUT2D eigenvalue weighted by atomic mass is 32.2. The average Bonchev–Trinajstić information content (AvgIpc) is 3.23. The van der Waals surface area contributed by atoms with Gasteiger partial charge in [-0.05, 0) is 37.1 Å². The Morgan fingerprint density at radius 2 is 1.69 bits per heavy atom. The summed E-state index contributed by atoms with van der Waals surface area (Å²) in [6, 6.07) is 16.4. The molecule has 0 bridgehead atoms. The highest BCUT2D eigenvalue weighted by molar-refractivity contribution is 7.89. The number of carbonyl (C=O) groups excluding carboxylic acids is 1. The van der Waals surface area contributed by atoms with Gasteiger partial charge in [-0.2, -0.15) is 4.31 Å². The Bertz CT molecular complexity index is 1080. The van der Waals surface area contributed by atoms with Crippen LogP contribution in [0, 0.1) is 0 Å². The average molecular weight is 412 g/mol. The van der Waals surface area contributed by atoms with Gasteiger partial charge in [-0.25, -0.2) is 8.42 Å². The van der Waals surface area contributed by atoms with E-state index >= 15 is 0 Å². The second kappa shape index (κ2) is 8.14. The predicted octanol–water partition coefficient (Wildman–Crippen LogP) is 2.92. The zero-order valence-corrected chi connectivity index (χ0v) is 16.4. The number of aromatic nitrogens is 2. The zero-order chi connectivity index (χ0) is 20.3. The number of benzene rings is 2. The number of rotatable bonds is 5. The van der Waals surface area contributed by atoms with Crippen molar-refractivity contribution < 1.29 is 17.6 Å². The largest absolute Gasteiger partial charge is 0.403 e. The summed E-state index contributed by atoms with van der Waals surface area (Å²) in [5, 5.41) is 10.4. The number of hydrogen-bond donors (Lipinski definition) is 1. The molecule has 4 rings (SSSR count). The van der Waals surface area contributed by atoms with Crippen molar-refractivity contribution in [3.8, 4) is 11.5 Å². The second-order valence-electron chi connectivity index (χ2n) is 6.71. The van der Waals surface area contributed by atoms with E-state index in [4.69, 9.17) is 4.42 Å². The van der Waals surface area contributed by atoms with Gasteiger partial charge < -0.3 is 4.42 Å². The van der Waals surface area contributed by atoms with Crippen molar-refractivity contribution in [2.24, 2.45) is 0 Å². The van der Waals surface area contributed by atoms with E-state index < -0.39 is 22.0 Å². The summed E-state index contributed by atoms with van der Waals surface area (Å²) in [7, 11) is -3.78. The molecule has 0 unspecified atom stereocenters. The maximum atomic E-state index is 13.0. The van der Waals surface area contributed by atoms with Crippen LogP contribution in [0.25, 0.3) is 11.5 Å². The first kappa shape index (κ1) is 19.3. The molecule has 1 saturated heterocycles. The molecule has 9 heteroatoms. The first-order valence-corrected chi connectivity index (χ1v) is 10.8. The van der Waals surface area contributed by atoms with Gasteiger partial charge in [0.2, 0.25) is 21.8 Å². The molecule has 3 aromatic rings. The lowest BCUT2D eigenvalue weighted by Gasteiger charge is -2.33. The molecule has 2 heterocycles. The van der Waals surface area contributed by atoms with Crippen molar-refractivity contribution in [2.75, 3.05) is 11.9 Å². The van der Waals surface area contributed by atoms with Crippen LogP contribution in [-0.4, -0.2) is 41.4 Å². The van der Waals surface area contributed by atoms with E-state index in [0.717, 1.165) is 12.0 Å². The van der Waals surface area contributed by atoms with Gasteiger partial charge in [-0.3, -0.25) is 10.1 Å². The Morgan fingerprint density at radius 3 is 2.41 bits per heavy atom. The van der Waals surface area contributed by atoms with E-state index in [1.54, 1.807) is 18.2 Å². The van der Waals surface area contributed by atoms with Gasteiger partial charge in [-0.15, -0.1) is 5.10 Å². The smallest absolute Gasteiger partial charge is 0.322 e. The van der Waals surface area contributed by atoms with Crippen LogP contribution in [-0.2, 0) is 14.8 Å². The number of piperidine rings is 1. The Hall–Kier alpha value is -3.04. The Morgan fingerprint density at radius 1 is 1.00 bits per heavy atom. The summed E-state index contributed by atoms with van der Waals surface area (Å²) in [5.41, 5.74) is 0.728. The molecule has 1 fully saturated rings. The summed E-state index contributed by atoms with van der Waals surface area (Å²) >= 11 is 0. The molecule has 1 N–H and O–H groups in total. The van der Waals surface area contributed by atoms with Crippen molar-refractivity contribution in [1.29, 1.82) is 0 Å². The van der Waals surface area contributed by atoms with Gasteiger partial charge >= 0.3 is 6.01 Å². The van der Waals surface area contributed by atoms with Crippen LogP contribution in [0.2, 0.25) is 0 Å². The van der Waals surface area contributed by atoms with E-state index in [9.17, 15) is 13.2 Å². The standard InChI is InChI=1S/C20H20N4O4S/c25-18(21-20-23-22-19(28-20)15-9-3-1-4-10-15)17-13-7-8-14-24(17)29(26,27)16-11-5-2-6-12-16/h1-6,9-12,17H,7-8,13-14H2,(H,21,23,25)/t17-/m0/s1. The minimum Gasteiger partial charge on any atom is -0.403 e. The highest BCUT2D eigenvalue weighted by Gasteiger charge is 2.38. The Labute approximate surface area is 168 Å². The summed E-state index contributed by atoms with van der Waals surface area (Å²) in [6.07, 6.45) is 1.89. The van der Waals surface area contributed by atoms with Gasteiger partial charge in [0.1, 0.15) is 6.04 Å². The molecule has 8 nitrogen and oxygen atoms in total. The quantitative estimate of drug-likeness (QED) is 0.691. The third kappa shape index (κ3) is 4.06. The van der Waals surface area contributed by atoms with Gasteiger partial charge in [0.15, 0.2) is 0 Å². The van der Waals surface area contributed by atoms with Crippen molar-refractivity contribution in [3.63, 3.8) is 0 Å². The Kier molecular flexibility index (Phi) is 5.41. The molecular formula is C20H20N4O4S. The number of amides is 1. The summed E-state index contributed by atoms with van der Waals surface area (Å²) in [5.74, 6) is -0.203. The van der Waals surface area contributed by atoms with Crippen LogP contribution in [0.1, 0.15) is 19.3 Å². The van der Waals surface area contributed by atoms with Crippen LogP contribution in [0.15, 0.2) is 70.0 Å². The number of anilines is 1. The molecular weight excluding hydrogens is 392 g/mol. The van der Waals surface area contributed by atoms with Crippen molar-refractivity contribution in [1.82, 2.24) is 14.5 Å². The molecule has 0 aliphatic carbocycles. The van der Waals surface area contributed by atoms with E-state index in [1.807, 2.05) is 30.3 Å². The van der Waals surface area contributed by atoms with Crippen LogP contribution >= 0.6 is 0 Å². The molecule has 29 heavy (non-hydrogen) atoms. The number of hydrogen-bond acceptors (Lipinski definition) is 6. The maximum Gasteiger partial charge on any atom is 0.322 e. The number of nitrogens with zero attached hydrogens (tertiary/aromatic N) is 3. The number of carbonyl (C=O) groups is 1. The van der Waals surface area contributed by atoms with Crippen LogP contribution in [0.3, 0.4) is 0 Å². The molecule has 0 spiro atoms. The molecule has 0 radical (unpaired) electrons. The lowest BCUT2D eigenvalue weighted by molar-refractivity contribution is -0.120. The topological polar surface area (TPSA) is 105 Å². The fourth-order valence-corrected chi connectivity index (χ4v) is 5.02. The molecule has 0 saturated carbocycles. The fraction of sp³-hybridized carbons (Fsp3) is 0.250. The molecule has 150 valence electrons. The van der Waals surface area contributed by atoms with Crippen LogP contribution < -0.4 is 5.32 Å². The van der Waals surface area contributed by atoms with E-state index in [-0.39, 0.29) is 23.3 Å². The lowest BCUT2D eigenvalue weighted by Crippen LogP contribution is -2.49. The lowest BCUT2D eigenvalue weighted by atomic mass is 10.0. The van der Waals surface area contributed by atoms with E-state index in [2.05, 4.69) is 15.5 Å². The second-order valence-corrected chi connectivity index (χ2v) is 8.60. The van der Waals surface area contributed by atoms with Gasteiger partial charge in [0.25, 0.3) is 0 Å². The van der Waals surface area contributed by atoms with Gasteiger partial charge in [-0.1, -0.05) is 47.9 Å². The van der Waals surface area contributed by atoms with E-state index in [0.29, 0.717) is 12.8 Å². The molecule has 1 aliphatic rings. The molecule has 1 atom stereocenters. The van der Waals surface area contributed by atoms with E-state index in [1.165, 1.54) is 16.4 Å². The minimum absolute atomic E-state index is 0.0588. The van der Waals surface area contributed by atoms with Crippen LogP contribution in [0.4, 0.5) is 6.01 Å². The SMILES string of the molecule is O=C(Nc1nnc(-c2ccccc2)o1)[C@@H]1CCCCN1S(=O)(=O)c1ccccc1. The number of nitrogens with one attached hydrogen (secondary N) is 1. The predicted molar refractivity (Wildman–Crippen MR) is 106 cm³/mol. The maximum absolute atomic E-state index is 13.0. The summed E-state index contributed by atoms with van der Waals surface area (Å²) in [6.45, 7) is 0.286. The first-order valence-electron chi connectivity index (χ1n) is 9.32. The summed E-state index contributed by atoms with van der Waals surface area (Å²) < 4.78 is 32.9. The molecule has 1 aromatic heterocycles. The van der Waals surface area contributed by atoms with Gasteiger partial charge in [0, 0.05) is 12.1 Å². The summed E-state index contributed by atoms with van der Waals surface area (Å²) in [4.78, 5) is 13.0. The van der Waals surface area contributed by atoms with Crippen molar-refractivity contribution in [2.45, 2.75) is 30.2 Å². The molecule has 1 aliphatic heterocycles. The Balaban J connectivity index is 1.53. The third-order valence-corrected chi connectivity index (χ3v) is 6.70. The monoisotopic (exact) mass is 412 g/mol.